The number of aromatic nitrogens is 3. The van der Waals surface area contributed by atoms with Crippen LogP contribution in [0.25, 0.3) is 0 Å². The lowest BCUT2D eigenvalue weighted by atomic mass is 10.1. The molecule has 0 saturated carbocycles. The van der Waals surface area contributed by atoms with E-state index in [2.05, 4.69) is 19.6 Å². The lowest BCUT2D eigenvalue weighted by molar-refractivity contribution is -0.159. The second kappa shape index (κ2) is 4.13. The van der Waals surface area contributed by atoms with Gasteiger partial charge in [-0.25, -0.2) is 0 Å². The van der Waals surface area contributed by atoms with Gasteiger partial charge in [0.15, 0.2) is 5.82 Å². The molecule has 0 aliphatic carbocycles. The fraction of sp³-hybridized carbons (Fsp3) is 0.222. The van der Waals surface area contributed by atoms with Gasteiger partial charge in [0.25, 0.3) is 0 Å². The van der Waals surface area contributed by atoms with Crippen LogP contribution in [0.5, 0.6) is 0 Å². The Morgan fingerprint density at radius 3 is 2.65 bits per heavy atom. The van der Waals surface area contributed by atoms with Gasteiger partial charge in [0.1, 0.15) is 0 Å². The summed E-state index contributed by atoms with van der Waals surface area (Å²) >= 11 is 0. The summed E-state index contributed by atoms with van der Waals surface area (Å²) in [6.45, 7) is 0. The quantitative estimate of drug-likeness (QED) is 0.866. The van der Waals surface area contributed by atoms with E-state index in [1.54, 1.807) is 12.1 Å². The normalized spacial score (nSPS) is 13.6. The van der Waals surface area contributed by atoms with Crippen LogP contribution in [0, 0.1) is 0 Å². The average molecular weight is 244 g/mol. The van der Waals surface area contributed by atoms with E-state index in [1.807, 2.05) is 0 Å². The van der Waals surface area contributed by atoms with Gasteiger partial charge < -0.3 is 10.3 Å². The van der Waals surface area contributed by atoms with Crippen molar-refractivity contribution in [1.82, 2.24) is 15.1 Å². The molecule has 2 aromatic rings. The third-order valence-electron chi connectivity index (χ3n) is 2.01. The predicted octanol–water partition coefficient (Wildman–Crippen LogP) is 1.53. The summed E-state index contributed by atoms with van der Waals surface area (Å²) in [4.78, 5) is 7.00. The Bertz CT molecular complexity index is 496. The standard InChI is InChI=1S/C9H7F3N4O/c10-9(11,12)8-15-7(16-17-8)6(13)5-2-1-3-14-4-5/h1-4,6H,13H2. The number of nitrogens with zero attached hydrogens (tertiary/aromatic N) is 3. The molecular formula is C9H7F3N4O. The summed E-state index contributed by atoms with van der Waals surface area (Å²) in [5.74, 6) is -1.64. The predicted molar refractivity (Wildman–Crippen MR) is 49.6 cm³/mol. The molecule has 0 bridgehead atoms. The van der Waals surface area contributed by atoms with Crippen molar-refractivity contribution in [3.05, 3.63) is 41.8 Å². The molecule has 0 fully saturated rings. The summed E-state index contributed by atoms with van der Waals surface area (Å²) < 4.78 is 40.7. The number of nitrogens with two attached hydrogens (primary N) is 1. The van der Waals surface area contributed by atoms with E-state index in [0.29, 0.717) is 5.56 Å². The van der Waals surface area contributed by atoms with Gasteiger partial charge in [0.05, 0.1) is 6.04 Å². The summed E-state index contributed by atoms with van der Waals surface area (Å²) in [5, 5.41) is 3.20. The summed E-state index contributed by atoms with van der Waals surface area (Å²) in [6.07, 6.45) is -1.72. The van der Waals surface area contributed by atoms with Crippen molar-refractivity contribution in [2.24, 2.45) is 5.73 Å². The first-order chi connectivity index (χ1) is 7.98. The van der Waals surface area contributed by atoms with E-state index in [9.17, 15) is 13.2 Å². The molecule has 17 heavy (non-hydrogen) atoms. The van der Waals surface area contributed by atoms with Gasteiger partial charge in [0, 0.05) is 12.4 Å². The Hall–Kier alpha value is -1.96. The van der Waals surface area contributed by atoms with E-state index in [-0.39, 0.29) is 5.82 Å². The molecule has 5 nitrogen and oxygen atoms in total. The molecule has 90 valence electrons. The molecule has 0 aliphatic rings. The SMILES string of the molecule is NC(c1cccnc1)c1noc(C(F)(F)F)n1. The van der Waals surface area contributed by atoms with Gasteiger partial charge in [-0.3, -0.25) is 4.98 Å². The van der Waals surface area contributed by atoms with Crippen LogP contribution in [0.1, 0.15) is 23.3 Å². The number of halogens is 3. The minimum Gasteiger partial charge on any atom is -0.329 e. The molecule has 1 unspecified atom stereocenters. The summed E-state index contributed by atoms with van der Waals surface area (Å²) in [5.41, 5.74) is 6.18. The van der Waals surface area contributed by atoms with Crippen LogP contribution in [0.3, 0.4) is 0 Å². The second-order valence-corrected chi connectivity index (χ2v) is 3.22. The topological polar surface area (TPSA) is 77.8 Å². The van der Waals surface area contributed by atoms with Gasteiger partial charge in [0.2, 0.25) is 0 Å². The Labute approximate surface area is 93.5 Å². The van der Waals surface area contributed by atoms with E-state index in [0.717, 1.165) is 0 Å². The maximum absolute atomic E-state index is 12.2. The molecule has 0 spiro atoms. The van der Waals surface area contributed by atoms with Gasteiger partial charge in [-0.1, -0.05) is 11.2 Å². The van der Waals surface area contributed by atoms with Crippen molar-refractivity contribution in [2.75, 3.05) is 0 Å². The van der Waals surface area contributed by atoms with Crippen molar-refractivity contribution < 1.29 is 17.7 Å². The van der Waals surface area contributed by atoms with Crippen LogP contribution in [0.4, 0.5) is 13.2 Å². The van der Waals surface area contributed by atoms with E-state index in [1.165, 1.54) is 12.4 Å². The van der Waals surface area contributed by atoms with E-state index < -0.39 is 18.1 Å². The van der Waals surface area contributed by atoms with Crippen LogP contribution >= 0.6 is 0 Å². The highest BCUT2D eigenvalue weighted by atomic mass is 19.4. The highest BCUT2D eigenvalue weighted by Gasteiger charge is 2.39. The van der Waals surface area contributed by atoms with Crippen LogP contribution < -0.4 is 5.73 Å². The highest BCUT2D eigenvalue weighted by Crippen LogP contribution is 2.28. The fourth-order valence-electron chi connectivity index (χ4n) is 1.19. The zero-order valence-corrected chi connectivity index (χ0v) is 8.35. The van der Waals surface area contributed by atoms with Crippen LogP contribution in [0.15, 0.2) is 29.0 Å². The largest absolute Gasteiger partial charge is 0.471 e. The van der Waals surface area contributed by atoms with Crippen molar-refractivity contribution in [3.8, 4) is 0 Å². The molecule has 0 amide bonds. The fourth-order valence-corrected chi connectivity index (χ4v) is 1.19. The van der Waals surface area contributed by atoms with Crippen molar-refractivity contribution >= 4 is 0 Å². The molecule has 2 heterocycles. The monoisotopic (exact) mass is 244 g/mol. The number of hydrogen-bond donors (Lipinski definition) is 1. The summed E-state index contributed by atoms with van der Waals surface area (Å²) in [7, 11) is 0. The first-order valence-electron chi connectivity index (χ1n) is 4.55. The maximum atomic E-state index is 12.2. The van der Waals surface area contributed by atoms with Crippen molar-refractivity contribution in [2.45, 2.75) is 12.2 Å². The average Bonchev–Trinajstić information content (AvgIpc) is 2.78. The van der Waals surface area contributed by atoms with Crippen molar-refractivity contribution in [1.29, 1.82) is 0 Å². The first-order valence-corrected chi connectivity index (χ1v) is 4.55. The Kier molecular flexibility index (Phi) is 2.80. The molecule has 8 heteroatoms. The number of alkyl halides is 3. The first kappa shape index (κ1) is 11.5. The van der Waals surface area contributed by atoms with E-state index in [4.69, 9.17) is 5.73 Å². The van der Waals surface area contributed by atoms with Crippen LogP contribution in [-0.2, 0) is 6.18 Å². The number of hydrogen-bond acceptors (Lipinski definition) is 5. The number of rotatable bonds is 2. The lowest BCUT2D eigenvalue weighted by Gasteiger charge is -2.05. The molecular weight excluding hydrogens is 237 g/mol. The molecule has 2 aromatic heterocycles. The van der Waals surface area contributed by atoms with Gasteiger partial charge in [-0.2, -0.15) is 18.2 Å². The van der Waals surface area contributed by atoms with Gasteiger partial charge in [-0.15, -0.1) is 0 Å². The van der Waals surface area contributed by atoms with Crippen molar-refractivity contribution in [3.63, 3.8) is 0 Å². The zero-order valence-electron chi connectivity index (χ0n) is 8.35. The van der Waals surface area contributed by atoms with Gasteiger partial charge >= 0.3 is 12.1 Å². The molecule has 1 atom stereocenters. The van der Waals surface area contributed by atoms with E-state index >= 15 is 0 Å². The zero-order chi connectivity index (χ0) is 12.5. The smallest absolute Gasteiger partial charge is 0.329 e. The molecule has 0 radical (unpaired) electrons. The van der Waals surface area contributed by atoms with Gasteiger partial charge in [-0.05, 0) is 11.6 Å². The maximum Gasteiger partial charge on any atom is 0.471 e. The summed E-state index contributed by atoms with van der Waals surface area (Å²) in [6, 6.07) is 2.32. The van der Waals surface area contributed by atoms with Crippen LogP contribution in [-0.4, -0.2) is 15.1 Å². The Balaban J connectivity index is 2.27. The lowest BCUT2D eigenvalue weighted by Crippen LogP contribution is -2.14. The molecule has 2 N–H and O–H groups in total. The van der Waals surface area contributed by atoms with Crippen LogP contribution in [0.2, 0.25) is 0 Å². The number of pyridine rings is 1. The second-order valence-electron chi connectivity index (χ2n) is 3.22. The molecule has 0 saturated heterocycles. The molecule has 0 aliphatic heterocycles. The minimum absolute atomic E-state index is 0.231. The minimum atomic E-state index is -4.67. The highest BCUT2D eigenvalue weighted by molar-refractivity contribution is 5.20. The third kappa shape index (κ3) is 2.41. The Morgan fingerprint density at radius 1 is 1.35 bits per heavy atom. The molecule has 0 aromatic carbocycles. The molecule has 2 rings (SSSR count). The Morgan fingerprint density at radius 2 is 2.12 bits per heavy atom. The third-order valence-corrected chi connectivity index (χ3v) is 2.01.